The zero-order valence-electron chi connectivity index (χ0n) is 16.4. The molecule has 0 aromatic rings. The molecule has 0 heterocycles. The Bertz CT molecular complexity index is 301. The Morgan fingerprint density at radius 1 is 0.909 bits per heavy atom. The van der Waals surface area contributed by atoms with Gasteiger partial charge in [-0.25, -0.2) is 4.79 Å². The van der Waals surface area contributed by atoms with Crippen LogP contribution < -0.4 is 5.32 Å². The molecule has 0 aliphatic rings. The molecule has 134 valence electrons. The number of carbonyl (C=O) groups excluding carboxylic acids is 2. The van der Waals surface area contributed by atoms with Crippen molar-refractivity contribution in [3.05, 3.63) is 0 Å². The maximum Gasteiger partial charge on any atom is 0.331 e. The second-order valence-electron chi connectivity index (χ2n) is 6.21. The van der Waals surface area contributed by atoms with E-state index in [0.717, 1.165) is 0 Å². The molecular formula is C17H37NO4. The molecule has 5 heteroatoms. The number of amides is 1. The molecule has 0 rings (SSSR count). The van der Waals surface area contributed by atoms with E-state index in [2.05, 4.69) is 5.32 Å². The average Bonchev–Trinajstić information content (AvgIpc) is 2.35. The van der Waals surface area contributed by atoms with Crippen LogP contribution in [0.1, 0.15) is 76.2 Å². The number of rotatable bonds is 4. The fourth-order valence-electron chi connectivity index (χ4n) is 1.12. The lowest BCUT2D eigenvalue weighted by Crippen LogP contribution is -2.47. The number of carbonyl (C=O) groups is 2. The summed E-state index contributed by atoms with van der Waals surface area (Å²) in [6.07, 6.45) is 0. The molecule has 0 radical (unpaired) electrons. The average molecular weight is 319 g/mol. The smallest absolute Gasteiger partial charge is 0.331 e. The lowest BCUT2D eigenvalue weighted by Gasteiger charge is -2.27. The van der Waals surface area contributed by atoms with Gasteiger partial charge in [-0.15, -0.1) is 0 Å². The van der Waals surface area contributed by atoms with Crippen LogP contribution in [0.4, 0.5) is 0 Å². The van der Waals surface area contributed by atoms with Gasteiger partial charge >= 0.3 is 5.97 Å². The Kier molecular flexibility index (Phi) is 14.6. The van der Waals surface area contributed by atoms with Gasteiger partial charge in [0.05, 0.1) is 12.2 Å². The summed E-state index contributed by atoms with van der Waals surface area (Å²) in [5.41, 5.74) is -0.964. The predicted molar refractivity (Wildman–Crippen MR) is 91.9 cm³/mol. The monoisotopic (exact) mass is 319 g/mol. The predicted octanol–water partition coefficient (Wildman–Crippen LogP) is 3.70. The van der Waals surface area contributed by atoms with Crippen LogP contribution in [0.5, 0.6) is 0 Å². The minimum absolute atomic E-state index is 0.0952. The largest absolute Gasteiger partial charge is 0.458 e. The molecule has 0 saturated carbocycles. The van der Waals surface area contributed by atoms with E-state index in [0.29, 0.717) is 0 Å². The van der Waals surface area contributed by atoms with Crippen molar-refractivity contribution in [2.24, 2.45) is 0 Å². The second kappa shape index (κ2) is 12.4. The zero-order valence-corrected chi connectivity index (χ0v) is 16.4. The van der Waals surface area contributed by atoms with E-state index in [4.69, 9.17) is 9.47 Å². The van der Waals surface area contributed by atoms with Gasteiger partial charge in [-0.2, -0.15) is 0 Å². The maximum atomic E-state index is 11.9. The van der Waals surface area contributed by atoms with Gasteiger partial charge in [0.1, 0.15) is 5.60 Å². The van der Waals surface area contributed by atoms with Gasteiger partial charge < -0.3 is 14.8 Å². The van der Waals surface area contributed by atoms with Crippen LogP contribution >= 0.6 is 0 Å². The molecule has 0 aromatic carbocycles. The first kappa shape index (κ1) is 25.8. The van der Waals surface area contributed by atoms with Crippen LogP contribution in [-0.2, 0) is 19.1 Å². The van der Waals surface area contributed by atoms with Crippen molar-refractivity contribution in [3.8, 4) is 0 Å². The quantitative estimate of drug-likeness (QED) is 0.802. The number of esters is 1. The fourth-order valence-corrected chi connectivity index (χ4v) is 1.12. The first-order valence-electron chi connectivity index (χ1n) is 8.04. The Morgan fingerprint density at radius 2 is 1.32 bits per heavy atom. The topological polar surface area (TPSA) is 64.6 Å². The first-order chi connectivity index (χ1) is 9.91. The van der Waals surface area contributed by atoms with Gasteiger partial charge in [0.2, 0.25) is 5.91 Å². The van der Waals surface area contributed by atoms with Gasteiger partial charge in [-0.3, -0.25) is 4.79 Å². The van der Waals surface area contributed by atoms with Crippen LogP contribution in [-0.4, -0.2) is 35.7 Å². The highest BCUT2D eigenvalue weighted by molar-refractivity contribution is 5.83. The standard InChI is InChI=1S/C13H25NO4.2C2H6/c1-9(15)14-10(8-17-12(2,3)4)11(16)18-13(5,6)7;2*1-2/h10H,8H2,1-7H3,(H,14,15);2*1-2H3. The molecule has 1 amide bonds. The maximum absolute atomic E-state index is 11.9. The summed E-state index contributed by atoms with van der Waals surface area (Å²) in [6, 6.07) is -0.777. The molecular weight excluding hydrogens is 282 g/mol. The van der Waals surface area contributed by atoms with Gasteiger partial charge in [0, 0.05) is 6.92 Å². The number of hydrogen-bond donors (Lipinski definition) is 1. The Balaban J connectivity index is -0.000000826. The van der Waals surface area contributed by atoms with Gasteiger partial charge in [-0.1, -0.05) is 27.7 Å². The van der Waals surface area contributed by atoms with Crippen molar-refractivity contribution in [2.45, 2.75) is 93.4 Å². The zero-order chi connectivity index (χ0) is 18.6. The molecule has 1 unspecified atom stereocenters. The molecule has 0 aromatic heterocycles. The normalized spacial score (nSPS) is 12.0. The Hall–Kier alpha value is -1.10. The summed E-state index contributed by atoms with van der Waals surface area (Å²) in [4.78, 5) is 23.0. The van der Waals surface area contributed by atoms with Crippen LogP contribution in [0.2, 0.25) is 0 Å². The first-order valence-corrected chi connectivity index (χ1v) is 8.04. The fraction of sp³-hybridized carbons (Fsp3) is 0.882. The molecule has 5 nitrogen and oxygen atoms in total. The van der Waals surface area contributed by atoms with E-state index in [1.165, 1.54) is 6.92 Å². The number of ether oxygens (including phenoxy) is 2. The van der Waals surface area contributed by atoms with Crippen LogP contribution in [0.3, 0.4) is 0 Å². The van der Waals surface area contributed by atoms with E-state index in [1.807, 2.05) is 48.5 Å². The molecule has 1 atom stereocenters. The van der Waals surface area contributed by atoms with Gasteiger partial charge in [0.25, 0.3) is 0 Å². The molecule has 0 aliphatic heterocycles. The molecule has 1 N–H and O–H groups in total. The SMILES string of the molecule is CC.CC.CC(=O)NC(COC(C)(C)C)C(=O)OC(C)(C)C. The summed E-state index contributed by atoms with van der Waals surface area (Å²) in [5.74, 6) is -0.773. The third kappa shape index (κ3) is 18.9. The van der Waals surface area contributed by atoms with E-state index >= 15 is 0 Å². The van der Waals surface area contributed by atoms with Crippen LogP contribution in [0.15, 0.2) is 0 Å². The molecule has 0 saturated heterocycles. The third-order valence-corrected chi connectivity index (χ3v) is 1.75. The summed E-state index contributed by atoms with van der Waals surface area (Å²) >= 11 is 0. The molecule has 0 spiro atoms. The molecule has 0 bridgehead atoms. The Morgan fingerprint density at radius 3 is 1.59 bits per heavy atom. The van der Waals surface area contributed by atoms with Crippen molar-refractivity contribution in [1.29, 1.82) is 0 Å². The third-order valence-electron chi connectivity index (χ3n) is 1.75. The Labute approximate surface area is 137 Å². The molecule has 22 heavy (non-hydrogen) atoms. The van der Waals surface area contributed by atoms with Crippen LogP contribution in [0, 0.1) is 0 Å². The molecule has 0 fully saturated rings. The van der Waals surface area contributed by atoms with E-state index in [1.54, 1.807) is 20.8 Å². The van der Waals surface area contributed by atoms with Crippen molar-refractivity contribution >= 4 is 11.9 Å². The minimum Gasteiger partial charge on any atom is -0.458 e. The van der Waals surface area contributed by atoms with E-state index in [-0.39, 0.29) is 18.1 Å². The lowest BCUT2D eigenvalue weighted by molar-refractivity contribution is -0.161. The molecule has 0 aliphatic carbocycles. The van der Waals surface area contributed by atoms with Gasteiger partial charge in [-0.05, 0) is 41.5 Å². The van der Waals surface area contributed by atoms with Crippen molar-refractivity contribution in [2.75, 3.05) is 6.61 Å². The van der Waals surface area contributed by atoms with Crippen LogP contribution in [0.25, 0.3) is 0 Å². The van der Waals surface area contributed by atoms with E-state index < -0.39 is 17.6 Å². The minimum atomic E-state index is -0.777. The highest BCUT2D eigenvalue weighted by Crippen LogP contribution is 2.11. The number of nitrogens with one attached hydrogen (secondary N) is 1. The summed E-state index contributed by atoms with van der Waals surface area (Å²) in [7, 11) is 0. The second-order valence-corrected chi connectivity index (χ2v) is 6.21. The van der Waals surface area contributed by atoms with Crippen molar-refractivity contribution in [1.82, 2.24) is 5.32 Å². The summed E-state index contributed by atoms with van der Waals surface area (Å²) in [5, 5.41) is 2.54. The van der Waals surface area contributed by atoms with Gasteiger partial charge in [0.15, 0.2) is 6.04 Å². The highest BCUT2D eigenvalue weighted by Gasteiger charge is 2.27. The summed E-state index contributed by atoms with van der Waals surface area (Å²) in [6.45, 7) is 20.4. The number of hydrogen-bond acceptors (Lipinski definition) is 4. The lowest BCUT2D eigenvalue weighted by atomic mass is 10.1. The summed E-state index contributed by atoms with van der Waals surface area (Å²) < 4.78 is 10.7. The van der Waals surface area contributed by atoms with Crippen molar-refractivity contribution in [3.63, 3.8) is 0 Å². The van der Waals surface area contributed by atoms with E-state index in [9.17, 15) is 9.59 Å². The highest BCUT2D eigenvalue weighted by atomic mass is 16.6. The van der Waals surface area contributed by atoms with Crippen molar-refractivity contribution < 1.29 is 19.1 Å².